The molecule has 0 aliphatic carbocycles. The number of carbonyl (C=O) groups excluding carboxylic acids is 1. The Morgan fingerprint density at radius 3 is 1.93 bits per heavy atom. The third-order valence-electron chi connectivity index (χ3n) is 8.68. The maximum Gasteiger partial charge on any atom is 0.260 e. The van der Waals surface area contributed by atoms with E-state index in [1.54, 1.807) is 31.4 Å². The molecule has 0 bridgehead atoms. The first kappa shape index (κ1) is 31.6. The number of carbonyl (C=O) groups is 1. The van der Waals surface area contributed by atoms with Crippen molar-refractivity contribution in [3.63, 3.8) is 0 Å². The van der Waals surface area contributed by atoms with Crippen LogP contribution in [0.5, 0.6) is 11.5 Å². The summed E-state index contributed by atoms with van der Waals surface area (Å²) in [5, 5.41) is 1.23. The summed E-state index contributed by atoms with van der Waals surface area (Å²) in [6.45, 7) is 13.0. The van der Waals surface area contributed by atoms with Gasteiger partial charge in [-0.25, -0.2) is 0 Å². The summed E-state index contributed by atoms with van der Waals surface area (Å²) in [4.78, 5) is 22.2. The van der Waals surface area contributed by atoms with Crippen LogP contribution in [0.4, 0.5) is 0 Å². The number of methoxy groups -OCH3 is 1. The molecule has 0 unspecified atom stereocenters. The van der Waals surface area contributed by atoms with Crippen LogP contribution in [-0.2, 0) is 16.5 Å². The molecular weight excluding hydrogens is 591 g/mol. The van der Waals surface area contributed by atoms with Gasteiger partial charge < -0.3 is 9.47 Å². The lowest BCUT2D eigenvalue weighted by Crippen LogP contribution is -2.55. The van der Waals surface area contributed by atoms with Gasteiger partial charge in [-0.05, 0) is 104 Å². The molecule has 4 aromatic carbocycles. The molecule has 0 radical (unpaired) electrons. The second-order valence-electron chi connectivity index (χ2n) is 12.4. The molecule has 0 saturated carbocycles. The van der Waals surface area contributed by atoms with Crippen molar-refractivity contribution in [1.82, 2.24) is 4.90 Å². The highest BCUT2D eigenvalue weighted by molar-refractivity contribution is 6.30. The second-order valence-corrected chi connectivity index (χ2v) is 13.2. The van der Waals surface area contributed by atoms with Crippen LogP contribution >= 0.6 is 23.2 Å². The first-order chi connectivity index (χ1) is 20.8. The number of rotatable bonds is 7. The van der Waals surface area contributed by atoms with Crippen molar-refractivity contribution in [2.75, 3.05) is 13.7 Å². The highest BCUT2D eigenvalue weighted by atomic mass is 35.5. The van der Waals surface area contributed by atoms with Crippen molar-refractivity contribution in [2.24, 2.45) is 4.99 Å². The van der Waals surface area contributed by atoms with Crippen LogP contribution in [0.25, 0.3) is 0 Å². The van der Waals surface area contributed by atoms with Gasteiger partial charge in [-0.1, -0.05) is 74.3 Å². The smallest absolute Gasteiger partial charge is 0.260 e. The van der Waals surface area contributed by atoms with E-state index >= 15 is 0 Å². The normalized spacial score (nSPS) is 19.9. The molecule has 4 aromatic rings. The van der Waals surface area contributed by atoms with Crippen LogP contribution in [0, 0.1) is 0 Å². The van der Waals surface area contributed by atoms with Crippen LogP contribution in [0.1, 0.15) is 74.2 Å². The lowest BCUT2D eigenvalue weighted by molar-refractivity contribution is 0.0616. The molecule has 5 nitrogen and oxygen atoms in total. The largest absolute Gasteiger partial charge is 0.497 e. The Morgan fingerprint density at radius 2 is 1.41 bits per heavy atom. The fourth-order valence-corrected chi connectivity index (χ4v) is 6.15. The van der Waals surface area contributed by atoms with E-state index in [1.165, 1.54) is 0 Å². The number of halogens is 2. The van der Waals surface area contributed by atoms with E-state index < -0.39 is 11.1 Å². The van der Waals surface area contributed by atoms with E-state index in [0.717, 1.165) is 22.3 Å². The molecule has 1 aliphatic heterocycles. The number of nitrogens with zero attached hydrogens (tertiary/aromatic N) is 2. The van der Waals surface area contributed by atoms with Crippen LogP contribution in [0.15, 0.2) is 96.0 Å². The second kappa shape index (κ2) is 11.9. The van der Waals surface area contributed by atoms with Crippen LogP contribution in [0.2, 0.25) is 10.0 Å². The highest BCUT2D eigenvalue weighted by Gasteiger charge is 2.59. The Morgan fingerprint density at radius 1 is 0.841 bits per heavy atom. The van der Waals surface area contributed by atoms with Gasteiger partial charge in [-0.15, -0.1) is 0 Å². The van der Waals surface area contributed by atoms with E-state index in [1.807, 2.05) is 66.4 Å². The summed E-state index contributed by atoms with van der Waals surface area (Å²) in [5.74, 6) is 1.65. The van der Waals surface area contributed by atoms with Gasteiger partial charge in [0.05, 0.1) is 19.3 Å². The van der Waals surface area contributed by atoms with Crippen LogP contribution in [-0.4, -0.2) is 30.4 Å². The monoisotopic (exact) mass is 628 g/mol. The molecule has 1 aliphatic rings. The molecule has 0 N–H and O–H groups in total. The molecule has 0 aromatic heterocycles. The summed E-state index contributed by atoms with van der Waals surface area (Å²) in [5.41, 5.74) is 2.12. The summed E-state index contributed by atoms with van der Waals surface area (Å²) < 4.78 is 11.6. The zero-order chi connectivity index (χ0) is 31.9. The van der Waals surface area contributed by atoms with Gasteiger partial charge in [0.25, 0.3) is 5.91 Å². The van der Waals surface area contributed by atoms with Crippen LogP contribution in [0.3, 0.4) is 0 Å². The van der Waals surface area contributed by atoms with Crippen molar-refractivity contribution in [3.05, 3.63) is 129 Å². The number of amidine groups is 1. The predicted octanol–water partition coefficient (Wildman–Crippen LogP) is 9.43. The van der Waals surface area contributed by atoms with E-state index in [2.05, 4.69) is 46.8 Å². The van der Waals surface area contributed by atoms with Gasteiger partial charge in [0.15, 0.2) is 0 Å². The quantitative estimate of drug-likeness (QED) is 0.205. The fourth-order valence-electron chi connectivity index (χ4n) is 5.90. The lowest BCUT2D eigenvalue weighted by Gasteiger charge is -2.45. The predicted molar refractivity (Wildman–Crippen MR) is 180 cm³/mol. The molecule has 228 valence electrons. The van der Waals surface area contributed by atoms with Crippen molar-refractivity contribution in [3.8, 4) is 11.5 Å². The molecule has 1 heterocycles. The number of aliphatic imine (C=N–C) groups is 1. The zero-order valence-electron chi connectivity index (χ0n) is 26.2. The van der Waals surface area contributed by atoms with Crippen molar-refractivity contribution >= 4 is 34.9 Å². The average Bonchev–Trinajstić information content (AvgIpc) is 3.25. The number of ether oxygens (including phenoxy) is 2. The number of benzene rings is 4. The van der Waals surface area contributed by atoms with Crippen LogP contribution < -0.4 is 9.47 Å². The maximum absolute atomic E-state index is 14.9. The highest BCUT2D eigenvalue weighted by Crippen LogP contribution is 2.54. The van der Waals surface area contributed by atoms with E-state index in [4.69, 9.17) is 37.7 Å². The summed E-state index contributed by atoms with van der Waals surface area (Å²) in [6, 6.07) is 28.6. The average molecular weight is 630 g/mol. The maximum atomic E-state index is 14.9. The molecular formula is C37H38Cl2N2O3. The lowest BCUT2D eigenvalue weighted by atomic mass is 9.70. The van der Waals surface area contributed by atoms with Gasteiger partial charge >= 0.3 is 0 Å². The standard InChI is InChI=1S/C37H38Cl2N2O3/c1-8-44-32-23-27(35(2,3)4)15-22-31(32)33-40-36(5,25-11-16-28(38)17-12-25)37(6,26-13-18-29(39)19-14-26)41(33)34(42)24-9-20-30(43-7)21-10-24/h9-23H,8H2,1-7H3/t36-,37-/m0/s1. The summed E-state index contributed by atoms with van der Waals surface area (Å²) >= 11 is 12.7. The van der Waals surface area contributed by atoms with Gasteiger partial charge in [-0.2, -0.15) is 0 Å². The Balaban J connectivity index is 1.84. The van der Waals surface area contributed by atoms with Gasteiger partial charge in [0.1, 0.15) is 28.4 Å². The zero-order valence-corrected chi connectivity index (χ0v) is 27.8. The molecule has 0 fully saturated rings. The summed E-state index contributed by atoms with van der Waals surface area (Å²) in [7, 11) is 1.60. The Kier molecular flexibility index (Phi) is 8.58. The van der Waals surface area contributed by atoms with Gasteiger partial charge in [0, 0.05) is 15.6 Å². The molecule has 44 heavy (non-hydrogen) atoms. The minimum absolute atomic E-state index is 0.101. The SMILES string of the molecule is CCOc1cc(C(C)(C)C)ccc1C1=N[C@@](C)(c2ccc(Cl)cc2)[C@](C)(c2ccc(Cl)cc2)N1C(=O)c1ccc(OC)cc1. The van der Waals surface area contributed by atoms with E-state index in [9.17, 15) is 4.79 Å². The Labute approximate surface area is 270 Å². The Bertz CT molecular complexity index is 1690. The number of amides is 1. The van der Waals surface area contributed by atoms with Crippen molar-refractivity contribution < 1.29 is 14.3 Å². The Hall–Kier alpha value is -3.80. The van der Waals surface area contributed by atoms with Gasteiger partial charge in [0.2, 0.25) is 0 Å². The molecule has 0 saturated heterocycles. The topological polar surface area (TPSA) is 51.1 Å². The minimum atomic E-state index is -0.996. The fraction of sp³-hybridized carbons (Fsp3) is 0.297. The first-order valence-corrected chi connectivity index (χ1v) is 15.5. The third kappa shape index (κ3) is 5.48. The number of hydrogen-bond donors (Lipinski definition) is 0. The number of hydrogen-bond acceptors (Lipinski definition) is 4. The van der Waals surface area contributed by atoms with E-state index in [0.29, 0.717) is 39.6 Å². The minimum Gasteiger partial charge on any atom is -0.497 e. The van der Waals surface area contributed by atoms with E-state index in [-0.39, 0.29) is 11.3 Å². The first-order valence-electron chi connectivity index (χ1n) is 14.7. The van der Waals surface area contributed by atoms with Crippen molar-refractivity contribution in [1.29, 1.82) is 0 Å². The van der Waals surface area contributed by atoms with Crippen molar-refractivity contribution in [2.45, 2.75) is 58.0 Å². The summed E-state index contributed by atoms with van der Waals surface area (Å²) in [6.07, 6.45) is 0. The third-order valence-corrected chi connectivity index (χ3v) is 9.18. The molecule has 5 rings (SSSR count). The molecule has 2 atom stereocenters. The molecule has 0 spiro atoms. The molecule has 1 amide bonds. The van der Waals surface area contributed by atoms with Gasteiger partial charge in [-0.3, -0.25) is 14.7 Å². The molecule has 7 heteroatoms.